The predicted molar refractivity (Wildman–Crippen MR) is 146 cm³/mol. The van der Waals surface area contributed by atoms with Gasteiger partial charge in [0, 0.05) is 6.61 Å². The van der Waals surface area contributed by atoms with Crippen LogP contribution >= 0.6 is 11.1 Å². The fourth-order valence-corrected chi connectivity index (χ4v) is 6.04. The Morgan fingerprint density at radius 1 is 0.387 bits per heavy atom. The molecule has 0 aromatic carbocycles. The first-order chi connectivity index (χ1) is 15.1. The largest absolute Gasteiger partial charge is 0.396 e. The van der Waals surface area contributed by atoms with E-state index in [-0.39, 0.29) is 0 Å². The normalized spacial score (nSPS) is 12.0. The molecule has 0 aromatic rings. The summed E-state index contributed by atoms with van der Waals surface area (Å²) in [7, 11) is -1.31. The molecular formula is C28H59ClOSi. The number of halogens is 1. The number of unbranched alkanes of at least 4 members (excludes halogenated alkanes) is 23. The molecule has 0 aliphatic carbocycles. The molecule has 0 rings (SSSR count). The van der Waals surface area contributed by atoms with E-state index in [1.807, 2.05) is 0 Å². The third kappa shape index (κ3) is 30.5. The number of aliphatic hydroxyl groups is 1. The summed E-state index contributed by atoms with van der Waals surface area (Å²) < 4.78 is 0. The van der Waals surface area contributed by atoms with Gasteiger partial charge in [-0.2, -0.15) is 11.1 Å². The summed E-state index contributed by atoms with van der Waals surface area (Å²) in [5.41, 5.74) is 0. The van der Waals surface area contributed by atoms with Crippen molar-refractivity contribution in [1.29, 1.82) is 0 Å². The molecule has 0 amide bonds. The summed E-state index contributed by atoms with van der Waals surface area (Å²) >= 11 is 6.37. The van der Waals surface area contributed by atoms with Gasteiger partial charge >= 0.3 is 0 Å². The lowest BCUT2D eigenvalue weighted by Gasteiger charge is -2.11. The highest BCUT2D eigenvalue weighted by Crippen LogP contribution is 2.20. The highest BCUT2D eigenvalue weighted by atomic mass is 35.6. The second-order valence-corrected chi connectivity index (χ2v) is 17.7. The Morgan fingerprint density at radius 3 is 0.774 bits per heavy atom. The zero-order valence-electron chi connectivity index (χ0n) is 21.7. The summed E-state index contributed by atoms with van der Waals surface area (Å²) in [5.74, 6) is 0. The molecule has 0 fully saturated rings. The monoisotopic (exact) mass is 474 g/mol. The van der Waals surface area contributed by atoms with Crippen LogP contribution in [0.4, 0.5) is 0 Å². The van der Waals surface area contributed by atoms with Gasteiger partial charge in [-0.25, -0.2) is 0 Å². The Labute approximate surface area is 203 Å². The Balaban J connectivity index is 3.02. The molecule has 0 atom stereocenters. The molecule has 0 radical (unpaired) electrons. The van der Waals surface area contributed by atoms with Gasteiger partial charge in [0.05, 0.1) is 0 Å². The lowest BCUT2D eigenvalue weighted by atomic mass is 10.0. The highest BCUT2D eigenvalue weighted by Gasteiger charge is 2.15. The second kappa shape index (κ2) is 25.1. The molecule has 0 unspecified atom stereocenters. The fourth-order valence-electron chi connectivity index (χ4n) is 4.55. The van der Waals surface area contributed by atoms with Crippen LogP contribution in [0.25, 0.3) is 0 Å². The number of aliphatic hydroxyl groups excluding tert-OH is 1. The van der Waals surface area contributed by atoms with Crippen molar-refractivity contribution in [2.75, 3.05) is 6.61 Å². The summed E-state index contributed by atoms with van der Waals surface area (Å²) in [6.45, 7) is 4.91. The highest BCUT2D eigenvalue weighted by molar-refractivity contribution is 7.19. The van der Waals surface area contributed by atoms with Gasteiger partial charge < -0.3 is 5.11 Å². The van der Waals surface area contributed by atoms with Crippen molar-refractivity contribution in [2.24, 2.45) is 0 Å². The number of rotatable bonds is 26. The van der Waals surface area contributed by atoms with Crippen molar-refractivity contribution < 1.29 is 5.11 Å². The van der Waals surface area contributed by atoms with E-state index in [1.54, 1.807) is 0 Å². The summed E-state index contributed by atoms with van der Waals surface area (Å²) in [4.78, 5) is 0. The van der Waals surface area contributed by atoms with E-state index in [0.717, 1.165) is 6.42 Å². The molecule has 0 bridgehead atoms. The van der Waals surface area contributed by atoms with Crippen LogP contribution in [0.2, 0.25) is 19.1 Å². The van der Waals surface area contributed by atoms with Gasteiger partial charge in [-0.1, -0.05) is 161 Å². The van der Waals surface area contributed by atoms with E-state index >= 15 is 0 Å². The van der Waals surface area contributed by atoms with Gasteiger partial charge in [-0.3, -0.25) is 0 Å². The van der Waals surface area contributed by atoms with Gasteiger partial charge in [0.1, 0.15) is 7.38 Å². The first kappa shape index (κ1) is 31.5. The quantitative estimate of drug-likeness (QED) is 0.0750. The second-order valence-electron chi connectivity index (χ2n) is 10.7. The molecule has 0 heterocycles. The summed E-state index contributed by atoms with van der Waals surface area (Å²) in [5, 5.41) is 8.76. The third-order valence-corrected chi connectivity index (χ3v) is 8.79. The Morgan fingerprint density at radius 2 is 0.581 bits per heavy atom. The smallest absolute Gasteiger partial charge is 0.150 e. The van der Waals surface area contributed by atoms with Crippen molar-refractivity contribution >= 4 is 18.5 Å². The van der Waals surface area contributed by atoms with Crippen LogP contribution in [0.1, 0.15) is 154 Å². The summed E-state index contributed by atoms with van der Waals surface area (Å²) in [6, 6.07) is 1.29. The van der Waals surface area contributed by atoms with Crippen LogP contribution in [0.3, 0.4) is 0 Å². The van der Waals surface area contributed by atoms with E-state index in [9.17, 15) is 0 Å². The van der Waals surface area contributed by atoms with Crippen LogP contribution in [-0.2, 0) is 0 Å². The maximum atomic E-state index is 8.76. The van der Waals surface area contributed by atoms with E-state index in [2.05, 4.69) is 13.1 Å². The molecule has 188 valence electrons. The van der Waals surface area contributed by atoms with Crippen LogP contribution in [0.15, 0.2) is 0 Å². The van der Waals surface area contributed by atoms with Gasteiger partial charge in [0.15, 0.2) is 0 Å². The number of hydrogen-bond acceptors (Lipinski definition) is 1. The average molecular weight is 475 g/mol. The molecule has 1 nitrogen and oxygen atoms in total. The Bertz CT molecular complexity index is 329. The molecule has 0 saturated heterocycles. The van der Waals surface area contributed by atoms with Crippen molar-refractivity contribution in [3.8, 4) is 0 Å². The number of hydrogen-bond donors (Lipinski definition) is 1. The molecule has 1 N–H and O–H groups in total. The molecular weight excluding hydrogens is 416 g/mol. The van der Waals surface area contributed by atoms with Gasteiger partial charge in [0.2, 0.25) is 0 Å². The molecule has 0 aromatic heterocycles. The minimum atomic E-state index is -1.31. The molecule has 0 aliphatic rings. The van der Waals surface area contributed by atoms with Crippen LogP contribution in [0, 0.1) is 0 Å². The minimum absolute atomic E-state index is 0.371. The topological polar surface area (TPSA) is 20.2 Å². The van der Waals surface area contributed by atoms with E-state index in [0.29, 0.717) is 6.61 Å². The maximum absolute atomic E-state index is 8.76. The van der Waals surface area contributed by atoms with Gasteiger partial charge in [-0.15, -0.1) is 0 Å². The van der Waals surface area contributed by atoms with E-state index in [4.69, 9.17) is 16.2 Å². The third-order valence-electron chi connectivity index (χ3n) is 6.68. The van der Waals surface area contributed by atoms with E-state index in [1.165, 1.54) is 154 Å². The average Bonchev–Trinajstić information content (AvgIpc) is 2.73. The predicted octanol–water partition coefficient (Wildman–Crippen LogP) is 10.8. The fraction of sp³-hybridized carbons (Fsp3) is 1.00. The molecule has 31 heavy (non-hydrogen) atoms. The molecule has 0 spiro atoms. The molecule has 0 aliphatic heterocycles. The molecule has 0 saturated carbocycles. The summed E-state index contributed by atoms with van der Waals surface area (Å²) in [6.07, 6.45) is 33.8. The first-order valence-corrected chi connectivity index (χ1v) is 18.6. The van der Waals surface area contributed by atoms with Crippen LogP contribution in [0.5, 0.6) is 0 Å². The van der Waals surface area contributed by atoms with Crippen LogP contribution < -0.4 is 0 Å². The van der Waals surface area contributed by atoms with Gasteiger partial charge in [0.25, 0.3) is 0 Å². The van der Waals surface area contributed by atoms with Crippen molar-refractivity contribution in [2.45, 2.75) is 173 Å². The zero-order valence-corrected chi connectivity index (χ0v) is 23.5. The van der Waals surface area contributed by atoms with Gasteiger partial charge in [-0.05, 0) is 12.5 Å². The first-order valence-electron chi connectivity index (χ1n) is 14.4. The lowest BCUT2D eigenvalue weighted by Crippen LogP contribution is -2.14. The SMILES string of the molecule is C[Si](C)(Cl)CCCCCCCCCCCCCCCCCCCCCCCCCCO. The maximum Gasteiger partial charge on any atom is 0.150 e. The minimum Gasteiger partial charge on any atom is -0.396 e. The van der Waals surface area contributed by atoms with Crippen LogP contribution in [-0.4, -0.2) is 19.1 Å². The van der Waals surface area contributed by atoms with Crippen molar-refractivity contribution in [3.63, 3.8) is 0 Å². The Hall–Kier alpha value is 0.467. The molecule has 3 heteroatoms. The standard InChI is InChI=1S/C28H59ClOSi/c1-31(2,29)28-26-24-22-20-18-16-14-12-10-8-6-4-3-5-7-9-11-13-15-17-19-21-23-25-27-30/h30H,3-28H2,1-2H3. The lowest BCUT2D eigenvalue weighted by molar-refractivity contribution is 0.282. The van der Waals surface area contributed by atoms with E-state index < -0.39 is 7.38 Å². The Kier molecular flexibility index (Phi) is 25.5. The zero-order chi connectivity index (χ0) is 22.9. The van der Waals surface area contributed by atoms with Crippen molar-refractivity contribution in [3.05, 3.63) is 0 Å². The van der Waals surface area contributed by atoms with Crippen molar-refractivity contribution in [1.82, 2.24) is 0 Å².